The molecule has 2 N–H and O–H groups in total. The van der Waals surface area contributed by atoms with E-state index in [-0.39, 0.29) is 11.6 Å². The summed E-state index contributed by atoms with van der Waals surface area (Å²) < 4.78 is 11.4. The normalized spacial score (nSPS) is 22.1. The number of aromatic nitrogens is 1. The van der Waals surface area contributed by atoms with E-state index < -0.39 is 16.8 Å². The topological polar surface area (TPSA) is 79.3 Å². The van der Waals surface area contributed by atoms with E-state index in [1.807, 2.05) is 18.2 Å². The highest BCUT2D eigenvalue weighted by Gasteiger charge is 2.19. The summed E-state index contributed by atoms with van der Waals surface area (Å²) in [6, 6.07) is 7.60. The van der Waals surface area contributed by atoms with Gasteiger partial charge in [-0.2, -0.15) is 0 Å². The molecule has 0 bridgehead atoms. The Kier molecular flexibility index (Phi) is 3.88. The molecule has 21 heavy (non-hydrogen) atoms. The summed E-state index contributed by atoms with van der Waals surface area (Å²) in [5, 5.41) is 14.1. The molecule has 2 aromatic rings. The molecule has 0 atom stereocenters. The Balaban J connectivity index is 1.94. The number of fused-ring (bicyclic) bond motifs is 1. The summed E-state index contributed by atoms with van der Waals surface area (Å²) in [7, 11) is -0.694. The second kappa shape index (κ2) is 5.81. The molecule has 1 aliphatic rings. The zero-order valence-corrected chi connectivity index (χ0v) is 12.2. The number of hydrogen-bond donors (Lipinski definition) is 2. The van der Waals surface area contributed by atoms with E-state index in [1.54, 1.807) is 6.07 Å². The molecule has 6 heteroatoms. The fourth-order valence-electron chi connectivity index (χ4n) is 2.61. The van der Waals surface area contributed by atoms with E-state index in [9.17, 15) is 14.1 Å². The highest BCUT2D eigenvalue weighted by atomic mass is 32.2. The van der Waals surface area contributed by atoms with Crippen LogP contribution < -0.4 is 5.32 Å². The molecule has 1 saturated heterocycles. The van der Waals surface area contributed by atoms with E-state index >= 15 is 0 Å². The van der Waals surface area contributed by atoms with Crippen LogP contribution in [-0.2, 0) is 10.8 Å². The number of anilines is 1. The van der Waals surface area contributed by atoms with Crippen LogP contribution in [0.1, 0.15) is 23.2 Å². The highest BCUT2D eigenvalue weighted by molar-refractivity contribution is 7.85. The zero-order chi connectivity index (χ0) is 14.8. The van der Waals surface area contributed by atoms with Crippen LogP contribution in [0.15, 0.2) is 30.5 Å². The van der Waals surface area contributed by atoms with Gasteiger partial charge in [-0.15, -0.1) is 0 Å². The molecule has 2 heterocycles. The van der Waals surface area contributed by atoms with E-state index in [0.29, 0.717) is 22.7 Å². The van der Waals surface area contributed by atoms with Crippen LogP contribution >= 0.6 is 0 Å². The zero-order valence-electron chi connectivity index (χ0n) is 11.4. The van der Waals surface area contributed by atoms with Crippen molar-refractivity contribution in [1.29, 1.82) is 0 Å². The van der Waals surface area contributed by atoms with Gasteiger partial charge >= 0.3 is 5.97 Å². The minimum Gasteiger partial charge on any atom is -0.478 e. The Labute approximate surface area is 124 Å². The number of aromatic carboxylic acids is 1. The number of hydrogen-bond acceptors (Lipinski definition) is 4. The molecule has 1 fully saturated rings. The Morgan fingerprint density at radius 2 is 1.90 bits per heavy atom. The van der Waals surface area contributed by atoms with Crippen LogP contribution in [0.2, 0.25) is 0 Å². The van der Waals surface area contributed by atoms with Crippen LogP contribution in [0.5, 0.6) is 0 Å². The Bertz CT molecular complexity index is 707. The molecule has 0 amide bonds. The first kappa shape index (κ1) is 14.0. The number of carboxylic acids is 1. The van der Waals surface area contributed by atoms with Gasteiger partial charge in [0, 0.05) is 45.3 Å². The molecular formula is C15H16N2O3S. The van der Waals surface area contributed by atoms with Crippen molar-refractivity contribution in [3.63, 3.8) is 0 Å². The predicted octanol–water partition coefficient (Wildman–Crippen LogP) is 2.26. The maximum Gasteiger partial charge on any atom is 0.337 e. The molecule has 0 unspecified atom stereocenters. The number of carboxylic acid groups (broad SMARTS) is 1. The first-order valence-corrected chi connectivity index (χ1v) is 8.36. The average molecular weight is 304 g/mol. The number of nitrogens with zero attached hydrogens (tertiary/aromatic N) is 1. The van der Waals surface area contributed by atoms with E-state index in [2.05, 4.69) is 10.3 Å². The number of benzene rings is 1. The first-order valence-electron chi connectivity index (χ1n) is 6.87. The second-order valence-corrected chi connectivity index (χ2v) is 6.83. The van der Waals surface area contributed by atoms with Crippen molar-refractivity contribution in [2.75, 3.05) is 16.8 Å². The number of pyridine rings is 1. The van der Waals surface area contributed by atoms with Crippen molar-refractivity contribution in [2.45, 2.75) is 18.9 Å². The van der Waals surface area contributed by atoms with Crippen molar-refractivity contribution in [3.8, 4) is 0 Å². The number of nitrogens with one attached hydrogen (secondary N) is 1. The molecule has 0 aliphatic carbocycles. The lowest BCUT2D eigenvalue weighted by molar-refractivity contribution is 0.0698. The van der Waals surface area contributed by atoms with E-state index in [0.717, 1.165) is 18.2 Å². The summed E-state index contributed by atoms with van der Waals surface area (Å²) in [6.45, 7) is 0. The summed E-state index contributed by atoms with van der Waals surface area (Å²) in [5.74, 6) is 1.15. The SMILES string of the molecule is O=C(O)c1cnc(NC2CCS(=O)CC2)c2ccccc12. The van der Waals surface area contributed by atoms with Crippen molar-refractivity contribution in [3.05, 3.63) is 36.0 Å². The Hall–Kier alpha value is -1.95. The fraction of sp³-hybridized carbons (Fsp3) is 0.333. The quantitative estimate of drug-likeness (QED) is 0.909. The van der Waals surface area contributed by atoms with Gasteiger partial charge in [0.2, 0.25) is 0 Å². The first-order chi connectivity index (χ1) is 10.1. The summed E-state index contributed by atoms with van der Waals surface area (Å²) in [6.07, 6.45) is 3.10. The smallest absolute Gasteiger partial charge is 0.337 e. The van der Waals surface area contributed by atoms with Gasteiger partial charge < -0.3 is 10.4 Å². The van der Waals surface area contributed by atoms with Crippen molar-refractivity contribution in [1.82, 2.24) is 4.98 Å². The highest BCUT2D eigenvalue weighted by Crippen LogP contribution is 2.26. The molecular weight excluding hydrogens is 288 g/mol. The Morgan fingerprint density at radius 3 is 2.57 bits per heavy atom. The van der Waals surface area contributed by atoms with E-state index in [1.165, 1.54) is 6.20 Å². The number of rotatable bonds is 3. The average Bonchev–Trinajstić information content (AvgIpc) is 2.49. The molecule has 1 aliphatic heterocycles. The summed E-state index contributed by atoms with van der Waals surface area (Å²) in [4.78, 5) is 15.5. The molecule has 0 saturated carbocycles. The molecule has 5 nitrogen and oxygen atoms in total. The third kappa shape index (κ3) is 2.90. The standard InChI is InChI=1S/C15H16N2O3S/c18-15(19)13-9-16-14(12-4-2-1-3-11(12)13)17-10-5-7-21(20)8-6-10/h1-4,9-10H,5-8H2,(H,16,17)(H,18,19). The van der Waals surface area contributed by atoms with Gasteiger partial charge in [-0.1, -0.05) is 24.3 Å². The van der Waals surface area contributed by atoms with Crippen LogP contribution in [-0.4, -0.2) is 37.8 Å². The maximum absolute atomic E-state index is 11.4. The monoisotopic (exact) mass is 304 g/mol. The Morgan fingerprint density at radius 1 is 1.24 bits per heavy atom. The minimum absolute atomic E-state index is 0.209. The van der Waals surface area contributed by atoms with Gasteiger partial charge in [0.1, 0.15) is 5.82 Å². The fourth-order valence-corrected chi connectivity index (χ4v) is 3.91. The molecule has 1 aromatic carbocycles. The lowest BCUT2D eigenvalue weighted by Gasteiger charge is -2.23. The van der Waals surface area contributed by atoms with Gasteiger partial charge in [-0.05, 0) is 12.8 Å². The van der Waals surface area contributed by atoms with Crippen molar-refractivity contribution < 1.29 is 14.1 Å². The second-order valence-electron chi connectivity index (χ2n) is 5.14. The van der Waals surface area contributed by atoms with Gasteiger partial charge in [0.15, 0.2) is 0 Å². The van der Waals surface area contributed by atoms with Crippen LogP contribution in [0, 0.1) is 0 Å². The largest absolute Gasteiger partial charge is 0.478 e. The molecule has 0 radical (unpaired) electrons. The van der Waals surface area contributed by atoms with Crippen LogP contribution in [0.25, 0.3) is 10.8 Å². The van der Waals surface area contributed by atoms with Crippen molar-refractivity contribution in [2.24, 2.45) is 0 Å². The van der Waals surface area contributed by atoms with Gasteiger partial charge in [-0.25, -0.2) is 9.78 Å². The lowest BCUT2D eigenvalue weighted by atomic mass is 10.1. The number of carbonyl (C=O) groups is 1. The minimum atomic E-state index is -0.974. The van der Waals surface area contributed by atoms with Gasteiger partial charge in [0.25, 0.3) is 0 Å². The lowest BCUT2D eigenvalue weighted by Crippen LogP contribution is -2.29. The summed E-state index contributed by atoms with van der Waals surface area (Å²) >= 11 is 0. The van der Waals surface area contributed by atoms with Crippen LogP contribution in [0.4, 0.5) is 5.82 Å². The molecule has 110 valence electrons. The summed E-state index contributed by atoms with van der Waals surface area (Å²) in [5.41, 5.74) is 0.209. The van der Waals surface area contributed by atoms with Gasteiger partial charge in [0.05, 0.1) is 5.56 Å². The van der Waals surface area contributed by atoms with E-state index in [4.69, 9.17) is 0 Å². The third-order valence-electron chi connectivity index (χ3n) is 3.75. The maximum atomic E-state index is 11.4. The van der Waals surface area contributed by atoms with Crippen molar-refractivity contribution >= 4 is 33.4 Å². The third-order valence-corrected chi connectivity index (χ3v) is 5.14. The molecule has 0 spiro atoms. The molecule has 3 rings (SSSR count). The van der Waals surface area contributed by atoms with Gasteiger partial charge in [-0.3, -0.25) is 4.21 Å². The predicted molar refractivity (Wildman–Crippen MR) is 83.2 cm³/mol. The van der Waals surface area contributed by atoms with Crippen LogP contribution in [0.3, 0.4) is 0 Å². The molecule has 1 aromatic heterocycles.